The lowest BCUT2D eigenvalue weighted by Crippen LogP contribution is -2.00. The first-order valence-electron chi connectivity index (χ1n) is 18.3. The molecule has 6 heterocycles. The van der Waals surface area contributed by atoms with Crippen LogP contribution < -0.4 is 0 Å². The van der Waals surface area contributed by atoms with Crippen molar-refractivity contribution in [2.45, 2.75) is 0 Å². The Hall–Kier alpha value is -7.64. The summed E-state index contributed by atoms with van der Waals surface area (Å²) in [6, 6.07) is 56.5. The molecular formula is C48H28N6O. The van der Waals surface area contributed by atoms with Crippen molar-refractivity contribution in [2.24, 2.45) is 0 Å². The number of fused-ring (bicyclic) bond motifs is 11. The molecule has 0 bridgehead atoms. The number of nitrogens with zero attached hydrogens (tertiary/aromatic N) is 6. The van der Waals surface area contributed by atoms with E-state index in [-0.39, 0.29) is 0 Å². The maximum absolute atomic E-state index is 6.11. The molecule has 0 aliphatic heterocycles. The van der Waals surface area contributed by atoms with Gasteiger partial charge in [0.2, 0.25) is 0 Å². The molecule has 12 rings (SSSR count). The van der Waals surface area contributed by atoms with Crippen LogP contribution in [0.4, 0.5) is 0 Å². The number of hydrogen-bond acceptors (Lipinski definition) is 5. The molecule has 0 amide bonds. The van der Waals surface area contributed by atoms with Crippen LogP contribution in [0.2, 0.25) is 0 Å². The number of benzene rings is 6. The number of para-hydroxylation sites is 3. The molecule has 0 aliphatic carbocycles. The van der Waals surface area contributed by atoms with E-state index in [1.165, 1.54) is 5.39 Å². The Morgan fingerprint density at radius 2 is 1.13 bits per heavy atom. The summed E-state index contributed by atoms with van der Waals surface area (Å²) in [5.74, 6) is 2.28. The molecule has 256 valence electrons. The van der Waals surface area contributed by atoms with Crippen LogP contribution in [-0.2, 0) is 0 Å². The number of pyridine rings is 2. The van der Waals surface area contributed by atoms with Gasteiger partial charge in [-0.3, -0.25) is 9.13 Å². The predicted molar refractivity (Wildman–Crippen MR) is 222 cm³/mol. The molecule has 0 radical (unpaired) electrons. The zero-order valence-electron chi connectivity index (χ0n) is 29.3. The summed E-state index contributed by atoms with van der Waals surface area (Å²) in [5.41, 5.74) is 10.6. The van der Waals surface area contributed by atoms with Gasteiger partial charge in [-0.15, -0.1) is 0 Å². The summed E-state index contributed by atoms with van der Waals surface area (Å²) in [6.07, 6.45) is 1.85. The van der Waals surface area contributed by atoms with Crippen molar-refractivity contribution in [1.29, 1.82) is 0 Å². The third kappa shape index (κ3) is 4.44. The van der Waals surface area contributed by atoms with Crippen LogP contribution >= 0.6 is 0 Å². The fourth-order valence-electron chi connectivity index (χ4n) is 8.36. The first kappa shape index (κ1) is 29.9. The zero-order chi connectivity index (χ0) is 36.0. The Labute approximate surface area is 313 Å². The van der Waals surface area contributed by atoms with E-state index >= 15 is 0 Å². The van der Waals surface area contributed by atoms with Crippen molar-refractivity contribution in [3.8, 4) is 34.3 Å². The number of hydrogen-bond donors (Lipinski definition) is 0. The van der Waals surface area contributed by atoms with Crippen LogP contribution in [0.3, 0.4) is 0 Å². The topological polar surface area (TPSA) is 74.6 Å². The van der Waals surface area contributed by atoms with Gasteiger partial charge in [0.1, 0.15) is 22.8 Å². The molecule has 7 nitrogen and oxygen atoms in total. The quantitative estimate of drug-likeness (QED) is 0.182. The van der Waals surface area contributed by atoms with Crippen LogP contribution in [-0.4, -0.2) is 29.1 Å². The molecule has 0 atom stereocenters. The van der Waals surface area contributed by atoms with Crippen molar-refractivity contribution < 1.29 is 4.42 Å². The lowest BCUT2D eigenvalue weighted by Gasteiger charge is -2.11. The van der Waals surface area contributed by atoms with E-state index in [1.54, 1.807) is 0 Å². The number of furan rings is 1. The highest BCUT2D eigenvalue weighted by molar-refractivity contribution is 6.26. The van der Waals surface area contributed by atoms with Gasteiger partial charge in [0.05, 0.1) is 38.8 Å². The smallest absolute Gasteiger partial charge is 0.161 e. The molecule has 7 heteroatoms. The summed E-state index contributed by atoms with van der Waals surface area (Å²) < 4.78 is 10.7. The molecule has 0 saturated heterocycles. The van der Waals surface area contributed by atoms with Crippen LogP contribution in [0.15, 0.2) is 174 Å². The molecule has 0 saturated carbocycles. The number of rotatable bonds is 4. The molecule has 0 N–H and O–H groups in total. The van der Waals surface area contributed by atoms with Gasteiger partial charge in [0.15, 0.2) is 5.82 Å². The van der Waals surface area contributed by atoms with E-state index < -0.39 is 0 Å². The molecule has 0 fully saturated rings. The van der Waals surface area contributed by atoms with E-state index in [0.717, 1.165) is 99.7 Å². The minimum Gasteiger partial charge on any atom is -0.456 e. The third-order valence-electron chi connectivity index (χ3n) is 10.8. The summed E-state index contributed by atoms with van der Waals surface area (Å²) in [6.45, 7) is 0. The van der Waals surface area contributed by atoms with E-state index in [1.807, 2.05) is 60.8 Å². The van der Waals surface area contributed by atoms with Crippen LogP contribution in [0, 0.1) is 0 Å². The lowest BCUT2D eigenvalue weighted by molar-refractivity contribution is 0.669. The van der Waals surface area contributed by atoms with Crippen LogP contribution in [0.25, 0.3) is 111 Å². The molecule has 0 spiro atoms. The summed E-state index contributed by atoms with van der Waals surface area (Å²) in [4.78, 5) is 20.2. The maximum atomic E-state index is 6.11. The Morgan fingerprint density at radius 3 is 2.02 bits per heavy atom. The fourth-order valence-corrected chi connectivity index (χ4v) is 8.36. The zero-order valence-corrected chi connectivity index (χ0v) is 29.3. The Bertz CT molecular complexity index is 3500. The Balaban J connectivity index is 1.08. The highest BCUT2D eigenvalue weighted by Gasteiger charge is 2.22. The largest absolute Gasteiger partial charge is 0.456 e. The minimum atomic E-state index is 0.648. The monoisotopic (exact) mass is 704 g/mol. The Kier molecular flexibility index (Phi) is 6.21. The summed E-state index contributed by atoms with van der Waals surface area (Å²) in [7, 11) is 0. The van der Waals surface area contributed by atoms with Gasteiger partial charge in [-0.25, -0.2) is 19.9 Å². The predicted octanol–water partition coefficient (Wildman–Crippen LogP) is 11.8. The van der Waals surface area contributed by atoms with Gasteiger partial charge >= 0.3 is 0 Å². The molecule has 0 aliphatic rings. The van der Waals surface area contributed by atoms with Gasteiger partial charge < -0.3 is 4.42 Å². The SMILES string of the molecule is c1ccc(-c2ccc3nc(-n4c5ccccc5c5ccc6c(c7ccccc7n6-c6ccnc(-c7ccc8oc9ccccc9c8c7)n6)c54)ccc3n2)cc1. The second-order valence-electron chi connectivity index (χ2n) is 13.9. The molecule has 6 aromatic heterocycles. The van der Waals surface area contributed by atoms with E-state index in [2.05, 4.69) is 118 Å². The average molecular weight is 705 g/mol. The van der Waals surface area contributed by atoms with Gasteiger partial charge in [-0.1, -0.05) is 91.0 Å². The first-order chi connectivity index (χ1) is 27.3. The minimum absolute atomic E-state index is 0.648. The van der Waals surface area contributed by atoms with Crippen molar-refractivity contribution in [2.75, 3.05) is 0 Å². The molecular weight excluding hydrogens is 677 g/mol. The van der Waals surface area contributed by atoms with Crippen LogP contribution in [0.5, 0.6) is 0 Å². The Morgan fingerprint density at radius 1 is 0.418 bits per heavy atom. The second kappa shape index (κ2) is 11.4. The first-order valence-corrected chi connectivity index (χ1v) is 18.3. The van der Waals surface area contributed by atoms with E-state index in [9.17, 15) is 0 Å². The number of aromatic nitrogens is 6. The highest BCUT2D eigenvalue weighted by Crippen LogP contribution is 2.42. The molecule has 55 heavy (non-hydrogen) atoms. The average Bonchev–Trinajstić information content (AvgIpc) is 3.91. The molecule has 0 unspecified atom stereocenters. The standard InChI is InChI=1S/C48H28N6O/c1-2-10-29(11-3-1)36-20-21-38-37(50-36)22-25-44(51-38)54-39-15-7-4-12-31(39)33-19-23-41-46(47(33)54)34-14-5-8-16-40(34)53(41)45-26-27-49-48(52-45)30-18-24-43-35(28-30)32-13-6-9-17-42(32)55-43/h1-28H. The molecule has 6 aromatic carbocycles. The normalized spacial score (nSPS) is 12.0. The van der Waals surface area contributed by atoms with Crippen molar-refractivity contribution >= 4 is 76.6 Å². The van der Waals surface area contributed by atoms with Gasteiger partial charge in [0, 0.05) is 49.6 Å². The van der Waals surface area contributed by atoms with Gasteiger partial charge in [0.25, 0.3) is 0 Å². The van der Waals surface area contributed by atoms with Crippen molar-refractivity contribution in [3.63, 3.8) is 0 Å². The second-order valence-corrected chi connectivity index (χ2v) is 13.9. The fraction of sp³-hybridized carbons (Fsp3) is 0. The molecule has 12 aromatic rings. The van der Waals surface area contributed by atoms with Gasteiger partial charge in [-0.05, 0) is 72.8 Å². The third-order valence-corrected chi connectivity index (χ3v) is 10.8. The van der Waals surface area contributed by atoms with Crippen molar-refractivity contribution in [3.05, 3.63) is 170 Å². The maximum Gasteiger partial charge on any atom is 0.161 e. The lowest BCUT2D eigenvalue weighted by atomic mass is 10.1. The van der Waals surface area contributed by atoms with Crippen molar-refractivity contribution in [1.82, 2.24) is 29.1 Å². The van der Waals surface area contributed by atoms with Gasteiger partial charge in [-0.2, -0.15) is 0 Å². The summed E-state index contributed by atoms with van der Waals surface area (Å²) >= 11 is 0. The van der Waals surface area contributed by atoms with Crippen LogP contribution in [0.1, 0.15) is 0 Å². The highest BCUT2D eigenvalue weighted by atomic mass is 16.3. The van der Waals surface area contributed by atoms with E-state index in [4.69, 9.17) is 24.4 Å². The van der Waals surface area contributed by atoms with E-state index in [0.29, 0.717) is 5.82 Å². The summed E-state index contributed by atoms with van der Waals surface area (Å²) in [5, 5.41) is 6.72.